The number of hydrogen-bond acceptors (Lipinski definition) is 4. The molecule has 5 heteroatoms. The Kier molecular flexibility index (Phi) is 12.1. The van der Waals surface area contributed by atoms with Crippen LogP contribution in [0.1, 0.15) is 96.8 Å². The van der Waals surface area contributed by atoms with Gasteiger partial charge in [-0.25, -0.2) is 0 Å². The van der Waals surface area contributed by atoms with E-state index in [4.69, 9.17) is 9.40 Å². The van der Waals surface area contributed by atoms with Crippen molar-refractivity contribution in [2.24, 2.45) is 11.8 Å². The monoisotopic (exact) mass is 769 g/mol. The van der Waals surface area contributed by atoms with Crippen molar-refractivity contribution in [3.63, 3.8) is 0 Å². The van der Waals surface area contributed by atoms with Gasteiger partial charge in [0.2, 0.25) is 0 Å². The van der Waals surface area contributed by atoms with Gasteiger partial charge in [0.05, 0.1) is 11.3 Å². The number of aliphatic hydroxyl groups is 1. The molecule has 0 saturated heterocycles. The van der Waals surface area contributed by atoms with Crippen molar-refractivity contribution in [1.29, 1.82) is 0 Å². The average molecular weight is 769 g/mol. The molecule has 2 heterocycles. The Balaban J connectivity index is 0.000000324. The number of pyridine rings is 1. The van der Waals surface area contributed by atoms with Gasteiger partial charge in [0.25, 0.3) is 0 Å². The van der Waals surface area contributed by atoms with Crippen LogP contribution in [-0.4, -0.2) is 15.9 Å². The number of nitrogens with zero attached hydrogens (tertiary/aromatic N) is 1. The van der Waals surface area contributed by atoms with Gasteiger partial charge in [-0.2, -0.15) is 0 Å². The molecule has 0 bridgehead atoms. The summed E-state index contributed by atoms with van der Waals surface area (Å²) < 4.78 is 6.39. The Labute approximate surface area is 276 Å². The predicted octanol–water partition coefficient (Wildman–Crippen LogP) is 11.2. The van der Waals surface area contributed by atoms with Gasteiger partial charge in [-0.3, -0.25) is 4.79 Å². The number of carbonyl (C=O) groups excluding carboxylic acids is 1. The van der Waals surface area contributed by atoms with Crippen molar-refractivity contribution in [3.05, 3.63) is 89.3 Å². The van der Waals surface area contributed by atoms with E-state index in [1.54, 1.807) is 0 Å². The minimum atomic E-state index is 0. The van der Waals surface area contributed by atoms with Gasteiger partial charge in [-0.1, -0.05) is 96.7 Å². The van der Waals surface area contributed by atoms with E-state index in [0.29, 0.717) is 36.5 Å². The summed E-state index contributed by atoms with van der Waals surface area (Å²) in [5, 5.41) is 14.0. The van der Waals surface area contributed by atoms with Crippen molar-refractivity contribution in [2.45, 2.75) is 87.0 Å². The van der Waals surface area contributed by atoms with Gasteiger partial charge >= 0.3 is 0 Å². The maximum atomic E-state index is 11.2. The number of rotatable bonds is 8. The number of hydrogen-bond donors (Lipinski definition) is 1. The largest absolute Gasteiger partial charge is 0.512 e. The molecule has 5 aromatic rings. The zero-order valence-electron chi connectivity index (χ0n) is 27.5. The van der Waals surface area contributed by atoms with Gasteiger partial charge < -0.3 is 14.5 Å². The molecule has 5 rings (SSSR count). The van der Waals surface area contributed by atoms with Crippen LogP contribution >= 0.6 is 0 Å². The molecule has 235 valence electrons. The van der Waals surface area contributed by atoms with E-state index in [1.165, 1.54) is 28.2 Å². The molecular weight excluding hydrogens is 723 g/mol. The maximum absolute atomic E-state index is 11.2. The van der Waals surface area contributed by atoms with Crippen LogP contribution in [0.2, 0.25) is 0 Å². The normalized spacial score (nSPS) is 12.0. The summed E-state index contributed by atoms with van der Waals surface area (Å²) in [6.07, 6.45) is 4.36. The summed E-state index contributed by atoms with van der Waals surface area (Å²) in [5.74, 6) is 1.84. The van der Waals surface area contributed by atoms with Crippen LogP contribution in [0.4, 0.5) is 0 Å². The van der Waals surface area contributed by atoms with Gasteiger partial charge in [-0.05, 0) is 70.3 Å². The fourth-order valence-corrected chi connectivity index (χ4v) is 5.30. The molecule has 0 amide bonds. The summed E-state index contributed by atoms with van der Waals surface area (Å²) in [6.45, 7) is 19.0. The van der Waals surface area contributed by atoms with E-state index in [1.807, 2.05) is 33.9 Å². The molecule has 0 aliphatic heterocycles. The zero-order valence-corrected chi connectivity index (χ0v) is 29.9. The number of benzene rings is 3. The smallest absolute Gasteiger partial charge is 0.159 e. The molecule has 0 unspecified atom stereocenters. The SMILES string of the molecule is CC(C)CC(=O)/C=C(\O)CC(C)C.Cc1ccc2c(c1)oc1c(-c3nccc4cc(C(C)C)ccc34)[c-]c(C(C)C)cc12.[Ir]. The van der Waals surface area contributed by atoms with Gasteiger partial charge in [-0.15, -0.1) is 17.7 Å². The Morgan fingerprint density at radius 1 is 0.864 bits per heavy atom. The van der Waals surface area contributed by atoms with Crippen LogP contribution in [0.5, 0.6) is 0 Å². The fraction of sp³-hybridized carbons (Fsp3) is 0.385. The average Bonchev–Trinajstić information content (AvgIpc) is 3.28. The molecule has 1 N–H and O–H groups in total. The topological polar surface area (TPSA) is 63.3 Å². The third kappa shape index (κ3) is 8.46. The second-order valence-electron chi connectivity index (χ2n) is 13.2. The van der Waals surface area contributed by atoms with Crippen LogP contribution in [0.3, 0.4) is 0 Å². The van der Waals surface area contributed by atoms with E-state index in [9.17, 15) is 9.90 Å². The van der Waals surface area contributed by atoms with Gasteiger partial charge in [0.1, 0.15) is 5.58 Å². The molecule has 1 radical (unpaired) electrons. The first kappa shape index (κ1) is 35.2. The van der Waals surface area contributed by atoms with E-state index < -0.39 is 0 Å². The van der Waals surface area contributed by atoms with Gasteiger partial charge in [0.15, 0.2) is 5.78 Å². The Morgan fingerprint density at radius 2 is 1.55 bits per heavy atom. The van der Waals surface area contributed by atoms with Crippen LogP contribution in [0.25, 0.3) is 44.0 Å². The maximum Gasteiger partial charge on any atom is 0.159 e. The van der Waals surface area contributed by atoms with Crippen LogP contribution in [0.15, 0.2) is 71.0 Å². The van der Waals surface area contributed by atoms with E-state index in [2.05, 4.69) is 89.2 Å². The number of aliphatic hydroxyl groups excluding tert-OH is 1. The summed E-state index contributed by atoms with van der Waals surface area (Å²) in [6, 6.07) is 21.1. The van der Waals surface area contributed by atoms with Crippen molar-refractivity contribution in [1.82, 2.24) is 4.98 Å². The van der Waals surface area contributed by atoms with Crippen LogP contribution in [-0.2, 0) is 24.9 Å². The van der Waals surface area contributed by atoms with Gasteiger partial charge in [0, 0.05) is 50.6 Å². The number of aryl methyl sites for hydroxylation is 1. The standard InChI is InChI=1S/C28H26NO.C11H20O2.Ir/c1-16(2)19-7-9-22-20(13-19)10-11-29-27(22)25-15-21(17(3)4)14-24-23-8-6-18(5)12-26(23)30-28(24)25;1-8(2)5-10(12)7-11(13)6-9(3)4;/h6-14,16-17H,1-5H3;7-9,12H,5-6H2,1-4H3;/q-1;;/b;10-7-;. The molecule has 0 aliphatic rings. The van der Waals surface area contributed by atoms with Crippen molar-refractivity contribution in [2.75, 3.05) is 0 Å². The number of aromatic nitrogens is 1. The molecule has 2 aromatic heterocycles. The second kappa shape index (κ2) is 15.1. The first-order chi connectivity index (χ1) is 20.3. The Bertz CT molecular complexity index is 1780. The van der Waals surface area contributed by atoms with E-state index >= 15 is 0 Å². The molecular formula is C39H46IrNO3-. The second-order valence-corrected chi connectivity index (χ2v) is 13.2. The Morgan fingerprint density at radius 3 is 2.18 bits per heavy atom. The minimum absolute atomic E-state index is 0. The number of ketones is 1. The molecule has 0 atom stereocenters. The minimum Gasteiger partial charge on any atom is -0.512 e. The number of fused-ring (bicyclic) bond motifs is 4. The van der Waals surface area contributed by atoms with E-state index in [-0.39, 0.29) is 31.6 Å². The first-order valence-electron chi connectivity index (χ1n) is 15.5. The molecule has 0 spiro atoms. The molecule has 44 heavy (non-hydrogen) atoms. The fourth-order valence-electron chi connectivity index (χ4n) is 5.30. The third-order valence-electron chi connectivity index (χ3n) is 7.55. The quantitative estimate of drug-likeness (QED) is 0.0970. The summed E-state index contributed by atoms with van der Waals surface area (Å²) in [7, 11) is 0. The predicted molar refractivity (Wildman–Crippen MR) is 181 cm³/mol. The number of carbonyl (C=O) groups is 1. The summed E-state index contributed by atoms with van der Waals surface area (Å²) in [4.78, 5) is 16.0. The van der Waals surface area contributed by atoms with Crippen molar-refractivity contribution < 1.29 is 34.4 Å². The van der Waals surface area contributed by atoms with Crippen molar-refractivity contribution in [3.8, 4) is 11.3 Å². The molecule has 3 aromatic carbocycles. The van der Waals surface area contributed by atoms with Crippen LogP contribution < -0.4 is 0 Å². The molecule has 0 saturated carbocycles. The number of furan rings is 1. The third-order valence-corrected chi connectivity index (χ3v) is 7.55. The Hall–Kier alpha value is -3.27. The molecule has 4 nitrogen and oxygen atoms in total. The first-order valence-corrected chi connectivity index (χ1v) is 15.5. The molecule has 0 aliphatic carbocycles. The van der Waals surface area contributed by atoms with Crippen LogP contribution in [0, 0.1) is 24.8 Å². The van der Waals surface area contributed by atoms with Crippen molar-refractivity contribution >= 4 is 38.5 Å². The zero-order chi connectivity index (χ0) is 31.4. The summed E-state index contributed by atoms with van der Waals surface area (Å²) in [5.41, 5.74) is 7.39. The summed E-state index contributed by atoms with van der Waals surface area (Å²) >= 11 is 0. The van der Waals surface area contributed by atoms with E-state index in [0.717, 1.165) is 38.6 Å². The number of allylic oxidation sites excluding steroid dienone is 2. The molecule has 0 fully saturated rings.